The van der Waals surface area contributed by atoms with Crippen LogP contribution < -0.4 is 20.7 Å². The van der Waals surface area contributed by atoms with Gasteiger partial charge in [0.2, 0.25) is 5.95 Å². The molecule has 1 unspecified atom stereocenters. The third-order valence-corrected chi connectivity index (χ3v) is 7.15. The largest absolute Gasteiger partial charge is 0.465 e. The summed E-state index contributed by atoms with van der Waals surface area (Å²) in [6.45, 7) is 8.84. The van der Waals surface area contributed by atoms with E-state index in [-0.39, 0.29) is 18.9 Å². The summed E-state index contributed by atoms with van der Waals surface area (Å²) in [7, 11) is -3.65. The molecule has 0 saturated carbocycles. The minimum Gasteiger partial charge on any atom is -0.465 e. The number of carbonyl (C=O) groups excluding carboxylic acids is 1. The molecule has 3 rings (SSSR count). The first kappa shape index (κ1) is 29.1. The fraction of sp³-hybridized carbons (Fsp3) is 0.440. The van der Waals surface area contributed by atoms with Crippen molar-refractivity contribution in [3.63, 3.8) is 0 Å². The number of imidazole rings is 1. The van der Waals surface area contributed by atoms with Crippen LogP contribution in [0.3, 0.4) is 0 Å². The fourth-order valence-corrected chi connectivity index (χ4v) is 5.25. The molecule has 0 fully saturated rings. The molecule has 1 aromatic carbocycles. The van der Waals surface area contributed by atoms with E-state index < -0.39 is 19.5 Å². The molecule has 38 heavy (non-hydrogen) atoms. The summed E-state index contributed by atoms with van der Waals surface area (Å²) in [6, 6.07) is 7.94. The minimum atomic E-state index is -3.65. The van der Waals surface area contributed by atoms with E-state index in [1.165, 1.54) is 0 Å². The summed E-state index contributed by atoms with van der Waals surface area (Å²) in [6.07, 6.45) is 5.08. The van der Waals surface area contributed by atoms with Crippen molar-refractivity contribution in [1.29, 1.82) is 0 Å². The number of para-hydroxylation sites is 1. The second kappa shape index (κ2) is 14.5. The maximum atomic E-state index is 13.8. The highest BCUT2D eigenvalue weighted by Gasteiger charge is 2.32. The number of anilines is 2. The van der Waals surface area contributed by atoms with Crippen LogP contribution in [-0.4, -0.2) is 57.6 Å². The summed E-state index contributed by atoms with van der Waals surface area (Å²) >= 11 is 0. The van der Waals surface area contributed by atoms with E-state index in [2.05, 4.69) is 31.9 Å². The highest BCUT2D eigenvalue weighted by molar-refractivity contribution is 7.57. The van der Waals surface area contributed by atoms with E-state index in [1.807, 2.05) is 19.9 Å². The average molecular weight is 546 g/mol. The normalized spacial score (nSPS) is 13.5. The first-order chi connectivity index (χ1) is 18.4. The number of hydrogen-bond acceptors (Lipinski definition) is 10. The molecule has 0 amide bonds. The van der Waals surface area contributed by atoms with Crippen LogP contribution in [0.2, 0.25) is 0 Å². The molecule has 13 heteroatoms. The Morgan fingerprint density at radius 3 is 2.74 bits per heavy atom. The zero-order chi connectivity index (χ0) is 27.4. The number of benzene rings is 1. The zero-order valence-corrected chi connectivity index (χ0v) is 22.7. The van der Waals surface area contributed by atoms with Crippen LogP contribution in [0.4, 0.5) is 11.8 Å². The molecule has 0 radical (unpaired) electrons. The van der Waals surface area contributed by atoms with E-state index >= 15 is 0 Å². The van der Waals surface area contributed by atoms with Gasteiger partial charge < -0.3 is 29.6 Å². The highest BCUT2D eigenvalue weighted by Crippen LogP contribution is 2.44. The topological polar surface area (TPSA) is 156 Å². The van der Waals surface area contributed by atoms with Gasteiger partial charge in [0, 0.05) is 13.1 Å². The number of nitrogen functional groups attached to an aromatic ring is 1. The van der Waals surface area contributed by atoms with Crippen LogP contribution in [0.5, 0.6) is 5.75 Å². The summed E-state index contributed by atoms with van der Waals surface area (Å²) in [4.78, 5) is 25.4. The van der Waals surface area contributed by atoms with Crippen molar-refractivity contribution < 1.29 is 23.4 Å². The average Bonchev–Trinajstić information content (AvgIpc) is 3.31. The number of fused-ring (bicyclic) bond motifs is 1. The highest BCUT2D eigenvalue weighted by atomic mass is 31.2. The molecule has 12 nitrogen and oxygen atoms in total. The summed E-state index contributed by atoms with van der Waals surface area (Å²) < 4.78 is 32.5. The smallest absolute Gasteiger partial charge is 0.342 e. The Hall–Kier alpha value is -3.47. The Morgan fingerprint density at radius 2 is 2.03 bits per heavy atom. The van der Waals surface area contributed by atoms with Gasteiger partial charge in [0.1, 0.15) is 18.1 Å². The lowest BCUT2D eigenvalue weighted by molar-refractivity contribution is -0.145. The Balaban J connectivity index is 1.68. The molecule has 2 aromatic heterocycles. The Morgan fingerprint density at radius 1 is 1.24 bits per heavy atom. The number of hydrogen-bond donors (Lipinski definition) is 3. The molecule has 4 N–H and O–H groups in total. The Bertz CT molecular complexity index is 1240. The molecule has 0 aliphatic heterocycles. The third-order valence-electron chi connectivity index (χ3n) is 5.42. The number of nitrogens with zero attached hydrogens (tertiary/aromatic N) is 4. The summed E-state index contributed by atoms with van der Waals surface area (Å²) in [5, 5.41) is 5.97. The molecule has 0 bridgehead atoms. The molecule has 0 aliphatic carbocycles. The quantitative estimate of drug-likeness (QED) is 0.0976. The van der Waals surface area contributed by atoms with Crippen molar-refractivity contribution in [3.05, 3.63) is 49.3 Å². The number of ether oxygens (including phenoxy) is 2. The van der Waals surface area contributed by atoms with Gasteiger partial charge in [-0.25, -0.2) is 10.1 Å². The van der Waals surface area contributed by atoms with Crippen molar-refractivity contribution in [2.75, 3.05) is 37.2 Å². The lowest BCUT2D eigenvalue weighted by Gasteiger charge is -2.24. The van der Waals surface area contributed by atoms with E-state index in [0.29, 0.717) is 48.8 Å². The second-order valence-electron chi connectivity index (χ2n) is 8.44. The van der Waals surface area contributed by atoms with Crippen molar-refractivity contribution >= 4 is 36.4 Å². The number of nitrogens with one attached hydrogen (secondary N) is 2. The van der Waals surface area contributed by atoms with Crippen LogP contribution >= 0.6 is 7.52 Å². The SMILES string of the molecule is C=CCNc1nc(N)nc2c1ncn2CCOCP(=O)(N[C@@H](CC)C(=O)OCCCC)Oc1ccccc1. The fourth-order valence-electron chi connectivity index (χ4n) is 3.47. The van der Waals surface area contributed by atoms with E-state index in [1.54, 1.807) is 41.2 Å². The number of esters is 1. The molecule has 0 spiro atoms. The van der Waals surface area contributed by atoms with Gasteiger partial charge >= 0.3 is 13.5 Å². The van der Waals surface area contributed by atoms with Gasteiger partial charge in [-0.3, -0.25) is 9.36 Å². The first-order valence-corrected chi connectivity index (χ1v) is 14.4. The molecular weight excluding hydrogens is 509 g/mol. The minimum absolute atomic E-state index is 0.105. The van der Waals surface area contributed by atoms with Crippen LogP contribution in [0, 0.1) is 0 Å². The van der Waals surface area contributed by atoms with Crippen molar-refractivity contribution in [2.24, 2.45) is 0 Å². The molecule has 2 heterocycles. The standard InChI is InChI=1S/C25H36N7O5P/c1-4-7-15-36-24(33)20(6-3)31-38(34,37-19-11-9-8-10-12-19)18-35-16-14-32-17-28-21-22(27-13-5-2)29-25(26)30-23(21)32/h5,8-12,17,20H,2,4,6-7,13-16,18H2,1,3H3,(H,31,34)(H3,26,27,29,30)/t20-,38?/m0/s1. The van der Waals surface area contributed by atoms with Gasteiger partial charge in [-0.15, -0.1) is 6.58 Å². The van der Waals surface area contributed by atoms with E-state index in [0.717, 1.165) is 12.8 Å². The maximum Gasteiger partial charge on any atom is 0.342 e. The van der Waals surface area contributed by atoms with E-state index in [4.69, 9.17) is 19.7 Å². The van der Waals surface area contributed by atoms with Gasteiger partial charge in [0.25, 0.3) is 0 Å². The first-order valence-electron chi connectivity index (χ1n) is 12.6. The van der Waals surface area contributed by atoms with Gasteiger partial charge in [-0.05, 0) is 25.0 Å². The van der Waals surface area contributed by atoms with Crippen molar-refractivity contribution in [2.45, 2.75) is 45.7 Å². The Kier molecular flexibility index (Phi) is 11.1. The van der Waals surface area contributed by atoms with Gasteiger partial charge in [0.15, 0.2) is 17.0 Å². The van der Waals surface area contributed by atoms with Gasteiger partial charge in [0.05, 0.1) is 19.5 Å². The molecule has 3 aromatic rings. The lowest BCUT2D eigenvalue weighted by atomic mass is 10.2. The predicted octanol–water partition coefficient (Wildman–Crippen LogP) is 3.96. The van der Waals surface area contributed by atoms with Gasteiger partial charge in [-0.1, -0.05) is 44.5 Å². The predicted molar refractivity (Wildman–Crippen MR) is 147 cm³/mol. The van der Waals surface area contributed by atoms with Gasteiger partial charge in [-0.2, -0.15) is 9.97 Å². The monoisotopic (exact) mass is 545 g/mol. The molecule has 2 atom stereocenters. The van der Waals surface area contributed by atoms with Crippen LogP contribution in [0.25, 0.3) is 11.2 Å². The van der Waals surface area contributed by atoms with Crippen LogP contribution in [-0.2, 0) is 25.4 Å². The zero-order valence-electron chi connectivity index (χ0n) is 21.8. The number of carbonyl (C=O) groups is 1. The third kappa shape index (κ3) is 8.27. The van der Waals surface area contributed by atoms with Crippen molar-refractivity contribution in [1.82, 2.24) is 24.6 Å². The molecular formula is C25H36N7O5P. The summed E-state index contributed by atoms with van der Waals surface area (Å²) in [5.74, 6) is 0.538. The number of rotatable bonds is 17. The number of nitrogens with two attached hydrogens (primary N) is 1. The number of unbranched alkanes of at least 4 members (excludes halogenated alkanes) is 1. The Labute approximate surface area is 222 Å². The lowest BCUT2D eigenvalue weighted by Crippen LogP contribution is -2.37. The van der Waals surface area contributed by atoms with Crippen molar-refractivity contribution in [3.8, 4) is 5.75 Å². The van der Waals surface area contributed by atoms with Crippen LogP contribution in [0.1, 0.15) is 33.1 Å². The maximum absolute atomic E-state index is 13.8. The second-order valence-corrected chi connectivity index (χ2v) is 10.5. The molecule has 0 saturated heterocycles. The number of aromatic nitrogens is 4. The molecule has 0 aliphatic rings. The van der Waals surface area contributed by atoms with E-state index in [9.17, 15) is 9.36 Å². The summed E-state index contributed by atoms with van der Waals surface area (Å²) in [5.41, 5.74) is 6.97. The molecule has 206 valence electrons. The van der Waals surface area contributed by atoms with Crippen LogP contribution in [0.15, 0.2) is 49.3 Å².